The first-order valence-electron chi connectivity index (χ1n) is 29.2. The van der Waals surface area contributed by atoms with Gasteiger partial charge < -0.3 is 14.2 Å². The fourth-order valence-corrected chi connectivity index (χ4v) is 8.16. The van der Waals surface area contributed by atoms with Crippen molar-refractivity contribution in [1.29, 1.82) is 0 Å². The van der Waals surface area contributed by atoms with E-state index in [2.05, 4.69) is 87.6 Å². The molecule has 69 heavy (non-hydrogen) atoms. The van der Waals surface area contributed by atoms with Crippen molar-refractivity contribution in [3.63, 3.8) is 0 Å². The second-order valence-corrected chi connectivity index (χ2v) is 19.3. The number of hydrogen-bond donors (Lipinski definition) is 0. The van der Waals surface area contributed by atoms with Crippen LogP contribution in [0.1, 0.15) is 278 Å². The molecule has 0 N–H and O–H groups in total. The summed E-state index contributed by atoms with van der Waals surface area (Å²) < 4.78 is 16.9. The first kappa shape index (κ1) is 65.6. The van der Waals surface area contributed by atoms with Crippen LogP contribution in [0.3, 0.4) is 0 Å². The van der Waals surface area contributed by atoms with Gasteiger partial charge in [-0.1, -0.05) is 279 Å². The molecule has 1 unspecified atom stereocenters. The summed E-state index contributed by atoms with van der Waals surface area (Å²) in [4.78, 5) is 38.2. The zero-order valence-corrected chi connectivity index (χ0v) is 45.3. The Morgan fingerprint density at radius 3 is 0.884 bits per heavy atom. The van der Waals surface area contributed by atoms with E-state index in [9.17, 15) is 14.4 Å². The van der Waals surface area contributed by atoms with Crippen LogP contribution in [0, 0.1) is 0 Å². The highest BCUT2D eigenvalue weighted by molar-refractivity contribution is 5.71. The number of esters is 3. The van der Waals surface area contributed by atoms with E-state index in [1.165, 1.54) is 128 Å². The van der Waals surface area contributed by atoms with Crippen LogP contribution in [0.5, 0.6) is 0 Å². The van der Waals surface area contributed by atoms with Crippen molar-refractivity contribution in [2.75, 3.05) is 13.2 Å². The van der Waals surface area contributed by atoms with E-state index in [0.29, 0.717) is 19.3 Å². The van der Waals surface area contributed by atoms with Gasteiger partial charge in [-0.3, -0.25) is 14.4 Å². The fourth-order valence-electron chi connectivity index (χ4n) is 8.16. The number of unbranched alkanes of at least 4 members (excludes halogenated alkanes) is 32. The first-order chi connectivity index (χ1) is 34.0. The van der Waals surface area contributed by atoms with Gasteiger partial charge in [0.2, 0.25) is 0 Å². The fraction of sp³-hybridized carbons (Fsp3) is 0.730. The largest absolute Gasteiger partial charge is 0.462 e. The Bertz CT molecular complexity index is 1330. The third kappa shape index (κ3) is 55.4. The number of allylic oxidation sites excluding steroid dienone is 14. The van der Waals surface area contributed by atoms with Crippen LogP contribution in [0.15, 0.2) is 85.1 Å². The molecule has 1 atom stereocenters. The van der Waals surface area contributed by atoms with E-state index >= 15 is 0 Å². The smallest absolute Gasteiger partial charge is 0.306 e. The monoisotopic (exact) mass is 961 g/mol. The lowest BCUT2D eigenvalue weighted by Crippen LogP contribution is -2.30. The zero-order valence-electron chi connectivity index (χ0n) is 45.3. The Morgan fingerprint density at radius 1 is 0.304 bits per heavy atom. The summed E-state index contributed by atoms with van der Waals surface area (Å²) in [5.41, 5.74) is 0. The van der Waals surface area contributed by atoms with Gasteiger partial charge in [-0.25, -0.2) is 0 Å². The Labute approximate surface area is 426 Å². The number of rotatable bonds is 52. The second kappa shape index (κ2) is 57.2. The molecule has 396 valence electrons. The highest BCUT2D eigenvalue weighted by atomic mass is 16.6. The Hall–Kier alpha value is -3.41. The number of carbonyl (C=O) groups excluding carboxylic acids is 3. The summed E-state index contributed by atoms with van der Waals surface area (Å²) in [6.45, 7) is 6.47. The first-order valence-corrected chi connectivity index (χ1v) is 29.2. The lowest BCUT2D eigenvalue weighted by molar-refractivity contribution is -0.167. The van der Waals surface area contributed by atoms with Crippen molar-refractivity contribution in [1.82, 2.24) is 0 Å². The lowest BCUT2D eigenvalue weighted by Gasteiger charge is -2.18. The van der Waals surface area contributed by atoms with Gasteiger partial charge in [0.25, 0.3) is 0 Å². The molecular formula is C63H108O6. The molecule has 0 fully saturated rings. The van der Waals surface area contributed by atoms with Crippen LogP contribution in [0.25, 0.3) is 0 Å². The highest BCUT2D eigenvalue weighted by Crippen LogP contribution is 2.16. The average Bonchev–Trinajstić information content (AvgIpc) is 3.35. The van der Waals surface area contributed by atoms with Crippen LogP contribution in [0.4, 0.5) is 0 Å². The molecule has 0 aromatic heterocycles. The Morgan fingerprint density at radius 2 is 0.565 bits per heavy atom. The third-order valence-electron chi connectivity index (χ3n) is 12.5. The van der Waals surface area contributed by atoms with Gasteiger partial charge in [-0.15, -0.1) is 0 Å². The zero-order chi connectivity index (χ0) is 50.0. The van der Waals surface area contributed by atoms with Crippen molar-refractivity contribution < 1.29 is 28.6 Å². The molecule has 6 nitrogen and oxygen atoms in total. The van der Waals surface area contributed by atoms with Crippen LogP contribution >= 0.6 is 0 Å². The molecule has 6 heteroatoms. The molecule has 0 aliphatic carbocycles. The summed E-state index contributed by atoms with van der Waals surface area (Å²) in [5, 5.41) is 0. The van der Waals surface area contributed by atoms with E-state index in [1.54, 1.807) is 0 Å². The Kier molecular flexibility index (Phi) is 54.3. The molecule has 0 saturated heterocycles. The van der Waals surface area contributed by atoms with Crippen LogP contribution in [-0.4, -0.2) is 37.2 Å². The van der Waals surface area contributed by atoms with Crippen molar-refractivity contribution in [3.05, 3.63) is 85.1 Å². The van der Waals surface area contributed by atoms with Gasteiger partial charge in [0.1, 0.15) is 13.2 Å². The maximum atomic E-state index is 12.9. The minimum absolute atomic E-state index is 0.0934. The summed E-state index contributed by atoms with van der Waals surface area (Å²) in [6, 6.07) is 0. The number of carbonyl (C=O) groups is 3. The Balaban J connectivity index is 4.44. The molecule has 0 aromatic carbocycles. The van der Waals surface area contributed by atoms with Crippen molar-refractivity contribution in [2.24, 2.45) is 0 Å². The van der Waals surface area contributed by atoms with Crippen molar-refractivity contribution >= 4 is 17.9 Å². The van der Waals surface area contributed by atoms with E-state index in [1.807, 2.05) is 18.2 Å². The maximum absolute atomic E-state index is 12.9. The molecule has 0 aromatic rings. The topological polar surface area (TPSA) is 78.9 Å². The minimum atomic E-state index is -0.794. The van der Waals surface area contributed by atoms with E-state index < -0.39 is 6.10 Å². The molecule has 0 aliphatic rings. The number of ether oxygens (including phenoxy) is 3. The second-order valence-electron chi connectivity index (χ2n) is 19.3. The molecule has 0 aliphatic heterocycles. The van der Waals surface area contributed by atoms with Gasteiger partial charge in [-0.05, 0) is 64.2 Å². The molecular weight excluding hydrogens is 853 g/mol. The van der Waals surface area contributed by atoms with Crippen molar-refractivity contribution in [3.8, 4) is 0 Å². The molecule has 0 amide bonds. The predicted octanol–water partition coefficient (Wildman–Crippen LogP) is 19.5. The summed E-state index contributed by atoms with van der Waals surface area (Å²) in [5.74, 6) is -0.925. The molecule has 0 radical (unpaired) electrons. The van der Waals surface area contributed by atoms with Crippen LogP contribution in [-0.2, 0) is 28.6 Å². The predicted molar refractivity (Wildman–Crippen MR) is 297 cm³/mol. The van der Waals surface area contributed by atoms with Gasteiger partial charge in [0.05, 0.1) is 0 Å². The van der Waals surface area contributed by atoms with Crippen molar-refractivity contribution in [2.45, 2.75) is 284 Å². The molecule has 0 rings (SSSR count). The third-order valence-corrected chi connectivity index (χ3v) is 12.5. The van der Waals surface area contributed by atoms with Crippen LogP contribution in [0.2, 0.25) is 0 Å². The van der Waals surface area contributed by atoms with E-state index in [0.717, 1.165) is 109 Å². The quantitative estimate of drug-likeness (QED) is 0.0262. The van der Waals surface area contributed by atoms with Gasteiger partial charge >= 0.3 is 17.9 Å². The van der Waals surface area contributed by atoms with Crippen LogP contribution < -0.4 is 0 Å². The minimum Gasteiger partial charge on any atom is -0.462 e. The van der Waals surface area contributed by atoms with Gasteiger partial charge in [-0.2, -0.15) is 0 Å². The molecule has 0 saturated carbocycles. The normalized spacial score (nSPS) is 12.7. The van der Waals surface area contributed by atoms with Gasteiger partial charge in [0.15, 0.2) is 6.10 Å². The van der Waals surface area contributed by atoms with E-state index in [4.69, 9.17) is 14.2 Å². The standard InChI is InChI=1S/C63H108O6/c1-4-7-10-13-16-19-22-25-28-30-32-35-38-41-44-47-50-53-56-62(65)68-59-60(58-67-61(64)55-52-49-46-43-40-37-34-27-24-21-18-15-12-9-6-3)69-63(66)57-54-51-48-45-42-39-36-33-31-29-26-23-20-17-14-11-8-5-2/h9,12,15,18,21-22,24-25,27-28,30,32,34-35,60H,4-8,10-11,13-14,16-17,19-20,23,26,29,31,33,36-59H2,1-3H3/b12-9-,18-15-,24-21-,25-22-,30-28-,34-27-,35-32-. The number of hydrogen-bond acceptors (Lipinski definition) is 6. The highest BCUT2D eigenvalue weighted by Gasteiger charge is 2.19. The summed E-state index contributed by atoms with van der Waals surface area (Å²) in [7, 11) is 0. The summed E-state index contributed by atoms with van der Waals surface area (Å²) in [6.07, 6.45) is 74.3. The summed E-state index contributed by atoms with van der Waals surface area (Å²) >= 11 is 0. The van der Waals surface area contributed by atoms with E-state index in [-0.39, 0.29) is 31.1 Å². The lowest BCUT2D eigenvalue weighted by atomic mass is 10.0. The molecule has 0 bridgehead atoms. The molecule has 0 heterocycles. The SMILES string of the molecule is CC\C=C/C=C\C=C/C=C\CCCCCCCC(=O)OCC(COC(=O)CCCCCCC\C=C/C=C\C=C/CCCCCCC)OC(=O)CCCCCCCCCCCCCCCCCCCC. The maximum Gasteiger partial charge on any atom is 0.306 e. The molecule has 0 spiro atoms. The van der Waals surface area contributed by atoms with Gasteiger partial charge in [0, 0.05) is 19.3 Å². The average molecular weight is 962 g/mol.